The predicted octanol–water partition coefficient (Wildman–Crippen LogP) is 3.76. The summed E-state index contributed by atoms with van der Waals surface area (Å²) in [4.78, 5) is 0. The van der Waals surface area contributed by atoms with Crippen LogP contribution in [0.2, 0.25) is 5.02 Å². The van der Waals surface area contributed by atoms with Crippen LogP contribution in [0.15, 0.2) is 24.3 Å². The molecule has 2 rings (SSSR count). The van der Waals surface area contributed by atoms with Gasteiger partial charge in [-0.15, -0.1) is 0 Å². The maximum atomic E-state index is 12.7. The van der Waals surface area contributed by atoms with Crippen LogP contribution in [0.5, 0.6) is 0 Å². The molecule has 1 fully saturated rings. The molecule has 0 aromatic heterocycles. The molecule has 76 valence electrons. The van der Waals surface area contributed by atoms with E-state index in [9.17, 15) is 12.9 Å². The Labute approximate surface area is 85.1 Å². The fourth-order valence-corrected chi connectivity index (χ4v) is 1.85. The van der Waals surface area contributed by atoms with Crippen molar-refractivity contribution in [1.82, 2.24) is 0 Å². The van der Waals surface area contributed by atoms with Gasteiger partial charge in [-0.2, -0.15) is 0 Å². The Bertz CT molecular complexity index is 340. The lowest BCUT2D eigenvalue weighted by Crippen LogP contribution is -2.34. The van der Waals surface area contributed by atoms with E-state index in [4.69, 9.17) is 11.6 Å². The van der Waals surface area contributed by atoms with Crippen LogP contribution in [-0.2, 0) is 5.31 Å². The first kappa shape index (κ1) is 9.90. The van der Waals surface area contributed by atoms with Crippen molar-refractivity contribution in [2.24, 2.45) is 0 Å². The van der Waals surface area contributed by atoms with Crippen LogP contribution in [0.4, 0.5) is 12.9 Å². The second-order valence-corrected chi connectivity index (χ2v) is 4.17. The first-order valence-corrected chi connectivity index (χ1v) is 4.79. The van der Waals surface area contributed by atoms with Crippen LogP contribution in [-0.4, -0.2) is 6.98 Å². The van der Waals surface area contributed by atoms with E-state index in [1.807, 2.05) is 0 Å². The van der Waals surface area contributed by atoms with Gasteiger partial charge in [0.25, 0.3) is 0 Å². The van der Waals surface area contributed by atoms with Gasteiger partial charge in [0.2, 0.25) is 0 Å². The molecule has 0 heterocycles. The van der Waals surface area contributed by atoms with Gasteiger partial charge in [-0.05, 0) is 17.4 Å². The highest BCUT2D eigenvalue weighted by molar-refractivity contribution is 6.63. The Morgan fingerprint density at radius 3 is 1.93 bits per heavy atom. The van der Waals surface area contributed by atoms with Crippen LogP contribution in [0.25, 0.3) is 0 Å². The zero-order valence-corrected chi connectivity index (χ0v) is 8.07. The van der Waals surface area contributed by atoms with Gasteiger partial charge < -0.3 is 12.9 Å². The SMILES string of the molecule is F[B-](F)(F)C1(c2ccc(Cl)cc2)CC1. The number of rotatable bonds is 2. The van der Waals surface area contributed by atoms with Gasteiger partial charge in [-0.3, -0.25) is 0 Å². The van der Waals surface area contributed by atoms with Crippen molar-refractivity contribution >= 4 is 18.6 Å². The molecule has 1 aromatic rings. The summed E-state index contributed by atoms with van der Waals surface area (Å²) in [6.07, 6.45) is 0.441. The topological polar surface area (TPSA) is 0 Å². The largest absolute Gasteiger partial charge is 0.488 e. The summed E-state index contributed by atoms with van der Waals surface area (Å²) in [6.45, 7) is -4.78. The summed E-state index contributed by atoms with van der Waals surface area (Å²) >= 11 is 5.62. The van der Waals surface area contributed by atoms with E-state index in [-0.39, 0.29) is 12.8 Å². The minimum Gasteiger partial charge on any atom is -0.448 e. The molecule has 0 radical (unpaired) electrons. The lowest BCUT2D eigenvalue weighted by atomic mass is 9.65. The van der Waals surface area contributed by atoms with Gasteiger partial charge >= 0.3 is 6.98 Å². The van der Waals surface area contributed by atoms with Crippen molar-refractivity contribution in [2.45, 2.75) is 18.2 Å². The third-order valence-electron chi connectivity index (χ3n) is 2.83. The van der Waals surface area contributed by atoms with Crippen molar-refractivity contribution in [3.8, 4) is 0 Å². The lowest BCUT2D eigenvalue weighted by Gasteiger charge is -2.26. The molecular weight excluding hydrogens is 211 g/mol. The average molecular weight is 219 g/mol. The van der Waals surface area contributed by atoms with Crippen LogP contribution < -0.4 is 0 Å². The Morgan fingerprint density at radius 1 is 1.07 bits per heavy atom. The summed E-state index contributed by atoms with van der Waals surface area (Å²) in [5.74, 6) is 0. The van der Waals surface area contributed by atoms with E-state index in [0.717, 1.165) is 0 Å². The smallest absolute Gasteiger partial charge is 0.448 e. The Morgan fingerprint density at radius 2 is 1.57 bits per heavy atom. The minimum absolute atomic E-state index is 0.220. The summed E-state index contributed by atoms with van der Waals surface area (Å²) in [5.41, 5.74) is 0.356. The Hall–Kier alpha value is -0.635. The van der Waals surface area contributed by atoms with Crippen molar-refractivity contribution < 1.29 is 12.9 Å². The quantitative estimate of drug-likeness (QED) is 0.664. The van der Waals surface area contributed by atoms with Crippen LogP contribution >= 0.6 is 11.6 Å². The van der Waals surface area contributed by atoms with Gasteiger partial charge in [0, 0.05) is 5.02 Å². The van der Waals surface area contributed by atoms with E-state index in [1.165, 1.54) is 24.3 Å². The van der Waals surface area contributed by atoms with E-state index in [0.29, 0.717) is 10.6 Å². The summed E-state index contributed by atoms with van der Waals surface area (Å²) < 4.78 is 38.1. The molecule has 1 aromatic carbocycles. The number of halogens is 4. The number of hydrogen-bond donors (Lipinski definition) is 0. The Balaban J connectivity index is 2.36. The first-order valence-electron chi connectivity index (χ1n) is 4.41. The lowest BCUT2D eigenvalue weighted by molar-refractivity contribution is 0.431. The molecule has 0 amide bonds. The number of benzene rings is 1. The molecule has 0 bridgehead atoms. The third-order valence-corrected chi connectivity index (χ3v) is 3.09. The van der Waals surface area contributed by atoms with Crippen molar-refractivity contribution in [3.63, 3.8) is 0 Å². The second kappa shape index (κ2) is 2.93. The molecule has 0 nitrogen and oxygen atoms in total. The van der Waals surface area contributed by atoms with Gasteiger partial charge in [0.05, 0.1) is 0 Å². The van der Waals surface area contributed by atoms with Crippen molar-refractivity contribution in [3.05, 3.63) is 34.9 Å². The molecular formula is C9H8BClF3-. The molecule has 14 heavy (non-hydrogen) atoms. The second-order valence-electron chi connectivity index (χ2n) is 3.74. The van der Waals surface area contributed by atoms with E-state index in [1.54, 1.807) is 0 Å². The van der Waals surface area contributed by atoms with Crippen molar-refractivity contribution in [2.75, 3.05) is 0 Å². The van der Waals surface area contributed by atoms with Gasteiger partial charge in [-0.25, -0.2) is 0 Å². The van der Waals surface area contributed by atoms with Gasteiger partial charge in [-0.1, -0.05) is 42.1 Å². The highest BCUT2D eigenvalue weighted by atomic mass is 35.5. The highest BCUT2D eigenvalue weighted by Crippen LogP contribution is 2.56. The van der Waals surface area contributed by atoms with Crippen LogP contribution in [0, 0.1) is 0 Å². The molecule has 1 aliphatic rings. The highest BCUT2D eigenvalue weighted by Gasteiger charge is 2.58. The molecule has 0 spiro atoms. The monoisotopic (exact) mass is 219 g/mol. The van der Waals surface area contributed by atoms with Crippen LogP contribution in [0.3, 0.4) is 0 Å². The van der Waals surface area contributed by atoms with E-state index in [2.05, 4.69) is 0 Å². The maximum absolute atomic E-state index is 12.7. The van der Waals surface area contributed by atoms with Crippen molar-refractivity contribution in [1.29, 1.82) is 0 Å². The fraction of sp³-hybridized carbons (Fsp3) is 0.333. The fourth-order valence-electron chi connectivity index (χ4n) is 1.72. The Kier molecular flexibility index (Phi) is 2.07. The maximum Gasteiger partial charge on any atom is 0.488 e. The molecule has 0 aliphatic heterocycles. The first-order chi connectivity index (χ1) is 6.46. The number of hydrogen-bond acceptors (Lipinski definition) is 0. The summed E-state index contributed by atoms with van der Waals surface area (Å²) in [5, 5.41) is -1.05. The summed E-state index contributed by atoms with van der Waals surface area (Å²) in [7, 11) is 0. The summed E-state index contributed by atoms with van der Waals surface area (Å²) in [6, 6.07) is 5.98. The molecule has 0 N–H and O–H groups in total. The van der Waals surface area contributed by atoms with Gasteiger partial charge in [0.1, 0.15) is 0 Å². The molecule has 0 saturated heterocycles. The average Bonchev–Trinajstić information content (AvgIpc) is 2.84. The normalized spacial score (nSPS) is 19.4. The zero-order valence-electron chi connectivity index (χ0n) is 7.31. The molecule has 5 heteroatoms. The standard InChI is InChI=1S/C9H8BClF3/c11-8-3-1-7(2-4-8)9(5-6-9)10(12,13)14/h1-4H,5-6H2/q-1. The van der Waals surface area contributed by atoms with E-state index < -0.39 is 12.3 Å². The molecule has 0 atom stereocenters. The zero-order chi connectivity index (χ0) is 10.4. The molecule has 1 aliphatic carbocycles. The minimum atomic E-state index is -4.78. The van der Waals surface area contributed by atoms with Crippen LogP contribution in [0.1, 0.15) is 18.4 Å². The van der Waals surface area contributed by atoms with Gasteiger partial charge in [0.15, 0.2) is 0 Å². The molecule has 0 unspecified atom stereocenters. The predicted molar refractivity (Wildman–Crippen MR) is 51.4 cm³/mol. The van der Waals surface area contributed by atoms with E-state index >= 15 is 0 Å². The third kappa shape index (κ3) is 1.42. The molecule has 1 saturated carbocycles.